The van der Waals surface area contributed by atoms with Gasteiger partial charge in [0.2, 0.25) is 0 Å². The fourth-order valence-electron chi connectivity index (χ4n) is 2.90. The van der Waals surface area contributed by atoms with E-state index in [0.29, 0.717) is 17.9 Å². The molecule has 3 aromatic rings. The zero-order chi connectivity index (χ0) is 21.0. The molecule has 0 aliphatic heterocycles. The summed E-state index contributed by atoms with van der Waals surface area (Å²) in [6.45, 7) is 1.14. The summed E-state index contributed by atoms with van der Waals surface area (Å²) >= 11 is 0. The van der Waals surface area contributed by atoms with Crippen LogP contribution in [0.2, 0.25) is 0 Å². The van der Waals surface area contributed by atoms with Crippen LogP contribution >= 0.6 is 0 Å². The van der Waals surface area contributed by atoms with E-state index in [4.69, 9.17) is 14.7 Å². The molecule has 0 aromatic heterocycles. The lowest BCUT2D eigenvalue weighted by atomic mass is 10.1. The fraction of sp³-hybridized carbons (Fsp3) is 0.200. The van der Waals surface area contributed by atoms with Crippen molar-refractivity contribution >= 4 is 5.97 Å². The highest BCUT2D eigenvalue weighted by atomic mass is 16.5. The maximum atomic E-state index is 12.4. The van der Waals surface area contributed by atoms with Gasteiger partial charge in [-0.25, -0.2) is 0 Å². The Labute approximate surface area is 176 Å². The number of hydrogen-bond donors (Lipinski definition) is 1. The monoisotopic (exact) mass is 400 g/mol. The molecule has 3 aromatic carbocycles. The average molecular weight is 400 g/mol. The maximum Gasteiger partial charge on any atom is 0.307 e. The lowest BCUT2D eigenvalue weighted by molar-refractivity contribution is -0.145. The number of nitrogens with zero attached hydrogens (tertiary/aromatic N) is 1. The van der Waals surface area contributed by atoms with Gasteiger partial charge in [-0.2, -0.15) is 5.26 Å². The van der Waals surface area contributed by atoms with Crippen LogP contribution in [0, 0.1) is 11.3 Å². The van der Waals surface area contributed by atoms with Crippen LogP contribution in [0.3, 0.4) is 0 Å². The van der Waals surface area contributed by atoms with Gasteiger partial charge in [0.1, 0.15) is 19.0 Å². The first-order valence-corrected chi connectivity index (χ1v) is 9.83. The zero-order valence-electron chi connectivity index (χ0n) is 16.7. The first kappa shape index (κ1) is 21.1. The van der Waals surface area contributed by atoms with E-state index in [9.17, 15) is 4.79 Å². The van der Waals surface area contributed by atoms with Crippen molar-refractivity contribution in [2.45, 2.75) is 25.6 Å². The summed E-state index contributed by atoms with van der Waals surface area (Å²) in [4.78, 5) is 12.4. The minimum Gasteiger partial charge on any atom is -0.492 e. The fourth-order valence-corrected chi connectivity index (χ4v) is 2.90. The predicted molar refractivity (Wildman–Crippen MR) is 115 cm³/mol. The van der Waals surface area contributed by atoms with Gasteiger partial charge in [-0.05, 0) is 29.3 Å². The molecular formula is C25H24N2O3. The molecule has 152 valence electrons. The molecule has 0 heterocycles. The Hall–Kier alpha value is -3.62. The Balaban J connectivity index is 1.57. The zero-order valence-corrected chi connectivity index (χ0v) is 16.7. The Bertz CT molecular complexity index is 968. The Morgan fingerprint density at radius 2 is 1.63 bits per heavy atom. The van der Waals surface area contributed by atoms with Crippen molar-refractivity contribution in [1.29, 1.82) is 5.26 Å². The van der Waals surface area contributed by atoms with Gasteiger partial charge in [0.25, 0.3) is 0 Å². The number of nitrogens with one attached hydrogen (secondary N) is 1. The van der Waals surface area contributed by atoms with Crippen molar-refractivity contribution in [3.63, 3.8) is 0 Å². The summed E-state index contributed by atoms with van der Waals surface area (Å²) in [5.41, 5.74) is 2.60. The van der Waals surface area contributed by atoms with Crippen LogP contribution in [0.4, 0.5) is 0 Å². The standard InChI is InChI=1S/C25H24N2O3/c26-16-22-12-7-13-24(14-22)29-19-23(27-17-20-8-3-1-4-9-20)15-25(28)30-18-21-10-5-2-6-11-21/h1-14,23,27H,15,17-19H2. The number of hydrogen-bond acceptors (Lipinski definition) is 5. The molecular weight excluding hydrogens is 376 g/mol. The molecule has 0 saturated heterocycles. The predicted octanol–water partition coefficient (Wildman–Crippen LogP) is 4.23. The smallest absolute Gasteiger partial charge is 0.307 e. The van der Waals surface area contributed by atoms with Crippen molar-refractivity contribution in [2.75, 3.05) is 6.61 Å². The van der Waals surface area contributed by atoms with Crippen LogP contribution in [0.25, 0.3) is 0 Å². The van der Waals surface area contributed by atoms with E-state index in [0.717, 1.165) is 11.1 Å². The normalized spacial score (nSPS) is 11.3. The van der Waals surface area contributed by atoms with Crippen LogP contribution < -0.4 is 10.1 Å². The molecule has 3 rings (SSSR count). The van der Waals surface area contributed by atoms with E-state index in [1.54, 1.807) is 24.3 Å². The quantitative estimate of drug-likeness (QED) is 0.516. The molecule has 0 amide bonds. The Morgan fingerprint density at radius 1 is 0.933 bits per heavy atom. The van der Waals surface area contributed by atoms with Gasteiger partial charge >= 0.3 is 5.97 Å². The van der Waals surface area contributed by atoms with Crippen LogP contribution in [0.15, 0.2) is 84.9 Å². The van der Waals surface area contributed by atoms with Crippen LogP contribution in [-0.4, -0.2) is 18.6 Å². The molecule has 0 spiro atoms. The lowest BCUT2D eigenvalue weighted by Gasteiger charge is -2.19. The molecule has 0 saturated carbocycles. The van der Waals surface area contributed by atoms with Crippen LogP contribution in [0.5, 0.6) is 5.75 Å². The van der Waals surface area contributed by atoms with Gasteiger partial charge in [0.05, 0.1) is 24.1 Å². The van der Waals surface area contributed by atoms with Crippen molar-refractivity contribution in [2.24, 2.45) is 0 Å². The minimum atomic E-state index is -0.293. The van der Waals surface area contributed by atoms with Crippen molar-refractivity contribution in [3.8, 4) is 11.8 Å². The van der Waals surface area contributed by atoms with E-state index < -0.39 is 0 Å². The third kappa shape index (κ3) is 7.08. The number of ether oxygens (including phenoxy) is 2. The van der Waals surface area contributed by atoms with Gasteiger partial charge < -0.3 is 14.8 Å². The molecule has 0 bridgehead atoms. The summed E-state index contributed by atoms with van der Waals surface area (Å²) in [5, 5.41) is 12.4. The van der Waals surface area contributed by atoms with Crippen molar-refractivity contribution in [3.05, 3.63) is 102 Å². The second-order valence-corrected chi connectivity index (χ2v) is 6.86. The Morgan fingerprint density at radius 3 is 2.33 bits per heavy atom. The summed E-state index contributed by atoms with van der Waals surface area (Å²) in [5.74, 6) is 0.303. The molecule has 0 aliphatic carbocycles. The van der Waals surface area contributed by atoms with Gasteiger partial charge in [0.15, 0.2) is 0 Å². The first-order valence-electron chi connectivity index (χ1n) is 9.83. The molecule has 1 N–H and O–H groups in total. The van der Waals surface area contributed by atoms with Gasteiger partial charge in [-0.1, -0.05) is 66.7 Å². The molecule has 30 heavy (non-hydrogen) atoms. The Kier molecular flexibility index (Phi) is 8.02. The highest BCUT2D eigenvalue weighted by Crippen LogP contribution is 2.14. The molecule has 1 atom stereocenters. The van der Waals surface area contributed by atoms with Gasteiger partial charge in [0, 0.05) is 6.54 Å². The minimum absolute atomic E-state index is 0.178. The molecule has 0 radical (unpaired) electrons. The summed E-state index contributed by atoms with van der Waals surface area (Å²) in [7, 11) is 0. The number of carbonyl (C=O) groups excluding carboxylic acids is 1. The molecule has 1 unspecified atom stereocenters. The molecule has 0 aliphatic rings. The van der Waals surface area contributed by atoms with Crippen LogP contribution in [-0.2, 0) is 22.7 Å². The lowest BCUT2D eigenvalue weighted by Crippen LogP contribution is -2.36. The summed E-state index contributed by atoms with van der Waals surface area (Å²) < 4.78 is 11.3. The van der Waals surface area contributed by atoms with Crippen LogP contribution in [0.1, 0.15) is 23.1 Å². The third-order valence-corrected chi connectivity index (χ3v) is 4.51. The topological polar surface area (TPSA) is 71.3 Å². The van der Waals surface area contributed by atoms with Crippen molar-refractivity contribution < 1.29 is 14.3 Å². The van der Waals surface area contributed by atoms with E-state index in [2.05, 4.69) is 11.4 Å². The third-order valence-electron chi connectivity index (χ3n) is 4.51. The summed E-state index contributed by atoms with van der Waals surface area (Å²) in [6.07, 6.45) is 0.178. The number of nitriles is 1. The van der Waals surface area contributed by atoms with E-state index in [-0.39, 0.29) is 31.6 Å². The van der Waals surface area contributed by atoms with E-state index >= 15 is 0 Å². The van der Waals surface area contributed by atoms with E-state index in [1.165, 1.54) is 0 Å². The van der Waals surface area contributed by atoms with Gasteiger partial charge in [-0.3, -0.25) is 4.79 Å². The summed E-state index contributed by atoms with van der Waals surface area (Å²) in [6, 6.07) is 28.4. The number of esters is 1. The second kappa shape index (κ2) is 11.4. The molecule has 0 fully saturated rings. The maximum absolute atomic E-state index is 12.4. The molecule has 5 nitrogen and oxygen atoms in total. The van der Waals surface area contributed by atoms with Crippen molar-refractivity contribution in [1.82, 2.24) is 5.32 Å². The highest BCUT2D eigenvalue weighted by Gasteiger charge is 2.16. The average Bonchev–Trinajstić information content (AvgIpc) is 2.81. The number of rotatable bonds is 10. The largest absolute Gasteiger partial charge is 0.492 e. The highest BCUT2D eigenvalue weighted by molar-refractivity contribution is 5.70. The molecule has 5 heteroatoms. The second-order valence-electron chi connectivity index (χ2n) is 6.86. The SMILES string of the molecule is N#Cc1cccc(OCC(CC(=O)OCc2ccccc2)NCc2ccccc2)c1. The number of benzene rings is 3. The van der Waals surface area contributed by atoms with Gasteiger partial charge in [-0.15, -0.1) is 0 Å². The number of carbonyl (C=O) groups is 1. The first-order chi connectivity index (χ1) is 14.7. The van der Waals surface area contributed by atoms with E-state index in [1.807, 2.05) is 60.7 Å².